The highest BCUT2D eigenvalue weighted by Gasteiger charge is 2.14. The first-order valence-electron chi connectivity index (χ1n) is 11.5. The lowest BCUT2D eigenvalue weighted by atomic mass is 9.94. The van der Waals surface area contributed by atoms with Crippen molar-refractivity contribution in [2.45, 2.75) is 142 Å². The topological polar surface area (TPSA) is 46.2 Å². The Morgan fingerprint density at radius 3 is 1.64 bits per heavy atom. The zero-order valence-corrected chi connectivity index (χ0v) is 17.8. The first-order chi connectivity index (χ1) is 12.1. The zero-order valence-electron chi connectivity index (χ0n) is 17.8. The highest BCUT2D eigenvalue weighted by molar-refractivity contribution is 4.72. The molecule has 3 N–H and O–H groups in total. The average molecular weight is 356 g/mol. The van der Waals surface area contributed by atoms with Crippen molar-refractivity contribution < 1.29 is 5.11 Å². The van der Waals surface area contributed by atoms with E-state index in [0.717, 1.165) is 25.2 Å². The fourth-order valence-corrected chi connectivity index (χ4v) is 3.66. The normalized spacial score (nSPS) is 15.2. The quantitative estimate of drug-likeness (QED) is 0.245. The molecule has 0 heterocycles. The van der Waals surface area contributed by atoms with Gasteiger partial charge in [0, 0.05) is 6.04 Å². The van der Waals surface area contributed by atoms with Crippen molar-refractivity contribution in [3.05, 3.63) is 0 Å². The Labute approximate surface area is 159 Å². The molecule has 0 bridgehead atoms. The molecule has 0 aliphatic carbocycles. The van der Waals surface area contributed by atoms with Crippen molar-refractivity contribution in [1.82, 2.24) is 0 Å². The van der Waals surface area contributed by atoms with Crippen molar-refractivity contribution in [2.75, 3.05) is 0 Å². The minimum atomic E-state index is -0.292. The van der Waals surface area contributed by atoms with Gasteiger partial charge in [-0.05, 0) is 18.8 Å². The average Bonchev–Trinajstić information content (AvgIpc) is 2.60. The third-order valence-electron chi connectivity index (χ3n) is 5.63. The maximum Gasteiger partial charge on any atom is 0.0691 e. The van der Waals surface area contributed by atoms with Crippen molar-refractivity contribution >= 4 is 0 Å². The molecule has 0 aromatic heterocycles. The third kappa shape index (κ3) is 17.1. The molecule has 0 aromatic carbocycles. The van der Waals surface area contributed by atoms with Crippen LogP contribution in [0.2, 0.25) is 0 Å². The van der Waals surface area contributed by atoms with Crippen LogP contribution in [0.3, 0.4) is 0 Å². The van der Waals surface area contributed by atoms with E-state index in [0.29, 0.717) is 0 Å². The van der Waals surface area contributed by atoms with Gasteiger partial charge in [-0.25, -0.2) is 0 Å². The summed E-state index contributed by atoms with van der Waals surface area (Å²) in [6, 6.07) is -0.0168. The Kier molecular flexibility index (Phi) is 18.6. The minimum Gasteiger partial charge on any atom is -0.392 e. The molecule has 0 saturated carbocycles. The summed E-state index contributed by atoms with van der Waals surface area (Å²) in [7, 11) is 0. The number of hydrogen-bond acceptors (Lipinski definition) is 2. The molecule has 0 fully saturated rings. The predicted molar refractivity (Wildman–Crippen MR) is 113 cm³/mol. The van der Waals surface area contributed by atoms with Crippen LogP contribution >= 0.6 is 0 Å². The van der Waals surface area contributed by atoms with Crippen molar-refractivity contribution in [3.63, 3.8) is 0 Å². The van der Waals surface area contributed by atoms with E-state index in [1.807, 2.05) is 0 Å². The van der Waals surface area contributed by atoms with Gasteiger partial charge in [0.05, 0.1) is 6.10 Å². The van der Waals surface area contributed by atoms with Crippen LogP contribution in [0.25, 0.3) is 0 Å². The summed E-state index contributed by atoms with van der Waals surface area (Å²) in [6.07, 6.45) is 21.4. The molecule has 0 spiro atoms. The molecule has 2 nitrogen and oxygen atoms in total. The second-order valence-electron chi connectivity index (χ2n) is 8.38. The van der Waals surface area contributed by atoms with Crippen LogP contribution in [0, 0.1) is 5.92 Å². The summed E-state index contributed by atoms with van der Waals surface area (Å²) in [5.41, 5.74) is 6.19. The van der Waals surface area contributed by atoms with Crippen LogP contribution in [-0.4, -0.2) is 17.3 Å². The van der Waals surface area contributed by atoms with Gasteiger partial charge in [-0.1, -0.05) is 117 Å². The van der Waals surface area contributed by atoms with Crippen molar-refractivity contribution in [2.24, 2.45) is 11.7 Å². The fraction of sp³-hybridized carbons (Fsp3) is 1.00. The lowest BCUT2D eigenvalue weighted by Gasteiger charge is -2.19. The van der Waals surface area contributed by atoms with Crippen LogP contribution in [0.5, 0.6) is 0 Å². The maximum absolute atomic E-state index is 10.2. The Hall–Kier alpha value is -0.0800. The molecule has 152 valence electrons. The second-order valence-corrected chi connectivity index (χ2v) is 8.38. The molecule has 3 atom stereocenters. The summed E-state index contributed by atoms with van der Waals surface area (Å²) in [5, 5.41) is 10.2. The molecule has 0 aliphatic rings. The molecular formula is C23H49NO. The molecule has 2 heteroatoms. The van der Waals surface area contributed by atoms with Gasteiger partial charge in [-0.3, -0.25) is 0 Å². The van der Waals surface area contributed by atoms with E-state index in [2.05, 4.69) is 20.8 Å². The lowest BCUT2D eigenvalue weighted by molar-refractivity contribution is 0.125. The van der Waals surface area contributed by atoms with E-state index in [-0.39, 0.29) is 12.1 Å². The monoisotopic (exact) mass is 355 g/mol. The summed E-state index contributed by atoms with van der Waals surface area (Å²) in [6.45, 7) is 6.90. The fourth-order valence-electron chi connectivity index (χ4n) is 3.66. The van der Waals surface area contributed by atoms with Gasteiger partial charge in [0.1, 0.15) is 0 Å². The van der Waals surface area contributed by atoms with Gasteiger partial charge >= 0.3 is 0 Å². The van der Waals surface area contributed by atoms with Gasteiger partial charge in [0.15, 0.2) is 0 Å². The van der Waals surface area contributed by atoms with Crippen LogP contribution in [0.4, 0.5) is 0 Å². The lowest BCUT2D eigenvalue weighted by Crippen LogP contribution is -2.34. The summed E-state index contributed by atoms with van der Waals surface area (Å²) in [5.74, 6) is 0.814. The molecule has 0 saturated heterocycles. The predicted octanol–water partition coefficient (Wildman–Crippen LogP) is 6.98. The minimum absolute atomic E-state index is 0.0168. The number of nitrogens with two attached hydrogens (primary N) is 1. The van der Waals surface area contributed by atoms with Gasteiger partial charge in [0.2, 0.25) is 0 Å². The Balaban J connectivity index is 3.47. The van der Waals surface area contributed by atoms with Gasteiger partial charge in [-0.15, -0.1) is 0 Å². The van der Waals surface area contributed by atoms with Crippen LogP contribution in [-0.2, 0) is 0 Å². The SMILES string of the molecule is CCCCCCCCCCC(O)C(N)CCCC(C)CCCCCC. The highest BCUT2D eigenvalue weighted by atomic mass is 16.3. The molecule has 0 rings (SSSR count). The Morgan fingerprint density at radius 2 is 1.04 bits per heavy atom. The zero-order chi connectivity index (χ0) is 18.8. The summed E-state index contributed by atoms with van der Waals surface area (Å²) >= 11 is 0. The Bertz CT molecular complexity index is 256. The van der Waals surface area contributed by atoms with Crippen LogP contribution in [0.15, 0.2) is 0 Å². The van der Waals surface area contributed by atoms with Gasteiger partial charge in [-0.2, -0.15) is 0 Å². The van der Waals surface area contributed by atoms with Crippen molar-refractivity contribution in [1.29, 1.82) is 0 Å². The molecular weight excluding hydrogens is 306 g/mol. The highest BCUT2D eigenvalue weighted by Crippen LogP contribution is 2.18. The van der Waals surface area contributed by atoms with Crippen LogP contribution < -0.4 is 5.73 Å². The first kappa shape index (κ1) is 24.9. The smallest absolute Gasteiger partial charge is 0.0691 e. The van der Waals surface area contributed by atoms with Crippen molar-refractivity contribution in [3.8, 4) is 0 Å². The number of aliphatic hydroxyl groups is 1. The first-order valence-corrected chi connectivity index (χ1v) is 11.5. The standard InChI is InChI=1S/C23H49NO/c1-4-6-8-10-11-12-13-15-20-23(25)22(24)19-16-18-21(3)17-14-9-7-5-2/h21-23,25H,4-20,24H2,1-3H3. The molecule has 0 aliphatic heterocycles. The largest absolute Gasteiger partial charge is 0.392 e. The number of aliphatic hydroxyl groups excluding tert-OH is 1. The third-order valence-corrected chi connectivity index (χ3v) is 5.63. The van der Waals surface area contributed by atoms with E-state index >= 15 is 0 Å². The summed E-state index contributed by atoms with van der Waals surface area (Å²) < 4.78 is 0. The van der Waals surface area contributed by atoms with E-state index < -0.39 is 0 Å². The van der Waals surface area contributed by atoms with Gasteiger partial charge < -0.3 is 10.8 Å². The van der Waals surface area contributed by atoms with E-state index in [9.17, 15) is 5.11 Å². The van der Waals surface area contributed by atoms with Gasteiger partial charge in [0.25, 0.3) is 0 Å². The number of unbranched alkanes of at least 4 members (excludes halogenated alkanes) is 10. The molecule has 25 heavy (non-hydrogen) atoms. The van der Waals surface area contributed by atoms with E-state index in [1.165, 1.54) is 89.9 Å². The maximum atomic E-state index is 10.2. The van der Waals surface area contributed by atoms with E-state index in [4.69, 9.17) is 5.73 Å². The Morgan fingerprint density at radius 1 is 0.600 bits per heavy atom. The molecule has 0 aromatic rings. The summed E-state index contributed by atoms with van der Waals surface area (Å²) in [4.78, 5) is 0. The number of hydrogen-bond donors (Lipinski definition) is 2. The number of rotatable bonds is 19. The second kappa shape index (κ2) is 18.7. The molecule has 3 unspecified atom stereocenters. The van der Waals surface area contributed by atoms with E-state index in [1.54, 1.807) is 0 Å². The van der Waals surface area contributed by atoms with Crippen LogP contribution in [0.1, 0.15) is 130 Å². The molecule has 0 amide bonds. The molecule has 0 radical (unpaired) electrons.